The van der Waals surface area contributed by atoms with Crippen LogP contribution in [-0.4, -0.2) is 31.9 Å². The quantitative estimate of drug-likeness (QED) is 0.200. The molecule has 0 heterocycles. The minimum absolute atomic E-state index is 0.0115. The van der Waals surface area contributed by atoms with Gasteiger partial charge >= 0.3 is 27.5 Å². The third kappa shape index (κ3) is 6.25. The number of benzene rings is 3. The maximum atomic E-state index is 15.5. The smallest absolute Gasteiger partial charge is 0.432 e. The van der Waals surface area contributed by atoms with Crippen molar-refractivity contribution in [3.8, 4) is 0 Å². The first-order valence-electron chi connectivity index (χ1n) is 11.2. The average molecular weight is 595 g/mol. The number of alkyl halides is 5. The largest absolute Gasteiger partial charge is 0.444 e. The molecule has 1 unspecified atom stereocenters. The van der Waals surface area contributed by atoms with Gasteiger partial charge in [-0.25, -0.2) is 8.02 Å². The Hall–Kier alpha value is -3.03. The lowest BCUT2D eigenvalue weighted by atomic mass is 9.97. The molecule has 212 valence electrons. The number of carbonyl (C=O) groups excluding carboxylic acids is 1. The molecular formula is C26H24F6O5S2. The van der Waals surface area contributed by atoms with Crippen LogP contribution in [0.1, 0.15) is 20.8 Å². The fourth-order valence-electron chi connectivity index (χ4n) is 3.30. The van der Waals surface area contributed by atoms with Crippen molar-refractivity contribution in [2.75, 3.05) is 0 Å². The van der Waals surface area contributed by atoms with Crippen molar-refractivity contribution in [2.24, 2.45) is 5.41 Å². The summed E-state index contributed by atoms with van der Waals surface area (Å²) in [4.78, 5) is 12.1. The van der Waals surface area contributed by atoms with Crippen molar-refractivity contribution < 1.29 is 47.9 Å². The predicted octanol–water partition coefficient (Wildman–Crippen LogP) is 7.48. The Morgan fingerprint density at radius 3 is 1.51 bits per heavy atom. The van der Waals surface area contributed by atoms with E-state index in [9.17, 15) is 30.8 Å². The Bertz CT molecular complexity index is 1350. The second-order valence-electron chi connectivity index (χ2n) is 9.30. The highest BCUT2D eigenvalue weighted by Gasteiger charge is 2.68. The zero-order chi connectivity index (χ0) is 29.3. The molecule has 3 aromatic carbocycles. The lowest BCUT2D eigenvalue weighted by molar-refractivity contribution is -0.261. The topological polar surface area (TPSA) is 69.7 Å². The Kier molecular flexibility index (Phi) is 8.49. The fourth-order valence-corrected chi connectivity index (χ4v) is 8.54. The first-order chi connectivity index (χ1) is 17.9. The van der Waals surface area contributed by atoms with Crippen LogP contribution < -0.4 is 0 Å². The molecule has 0 aliphatic carbocycles. The minimum Gasteiger partial charge on any atom is -0.444 e. The molecule has 0 bridgehead atoms. The summed E-state index contributed by atoms with van der Waals surface area (Å²) >= 11 is 0. The van der Waals surface area contributed by atoms with Crippen LogP contribution in [0.15, 0.2) is 99.6 Å². The van der Waals surface area contributed by atoms with Crippen molar-refractivity contribution in [3.05, 3.63) is 90.7 Å². The molecule has 0 fully saturated rings. The van der Waals surface area contributed by atoms with Gasteiger partial charge < -0.3 is 4.74 Å². The van der Waals surface area contributed by atoms with E-state index in [0.29, 0.717) is 0 Å². The van der Waals surface area contributed by atoms with E-state index in [4.69, 9.17) is 3.63 Å². The summed E-state index contributed by atoms with van der Waals surface area (Å²) in [5.74, 6) is -2.45. The van der Waals surface area contributed by atoms with Crippen molar-refractivity contribution in [3.63, 3.8) is 0 Å². The molecule has 0 aliphatic rings. The Morgan fingerprint density at radius 2 is 1.13 bits per heavy atom. The molecule has 0 aliphatic heterocycles. The van der Waals surface area contributed by atoms with E-state index in [0.717, 1.165) is 45.0 Å². The first kappa shape index (κ1) is 30.5. The van der Waals surface area contributed by atoms with Crippen LogP contribution in [0.4, 0.5) is 26.3 Å². The zero-order valence-corrected chi connectivity index (χ0v) is 22.4. The van der Waals surface area contributed by atoms with Crippen LogP contribution in [0, 0.1) is 11.2 Å². The van der Waals surface area contributed by atoms with E-state index in [1.54, 1.807) is 0 Å². The molecule has 1 atom stereocenters. The zero-order valence-electron chi connectivity index (χ0n) is 20.8. The van der Waals surface area contributed by atoms with Crippen molar-refractivity contribution in [2.45, 2.75) is 53.0 Å². The van der Waals surface area contributed by atoms with Crippen molar-refractivity contribution in [1.82, 2.24) is 0 Å². The van der Waals surface area contributed by atoms with Crippen molar-refractivity contribution >= 4 is 26.4 Å². The summed E-state index contributed by atoms with van der Waals surface area (Å²) in [5.41, 5.74) is -1.67. The summed E-state index contributed by atoms with van der Waals surface area (Å²) in [6.07, 6.45) is -10.4. The molecule has 0 radical (unpaired) electrons. The molecule has 0 saturated carbocycles. The Labute approximate surface area is 223 Å². The van der Waals surface area contributed by atoms with E-state index in [1.165, 1.54) is 60.7 Å². The van der Waals surface area contributed by atoms with Gasteiger partial charge in [-0.05, 0) is 79.6 Å². The number of hydrogen-bond donors (Lipinski definition) is 0. The summed E-state index contributed by atoms with van der Waals surface area (Å²) in [7, 11) is -10.3. The highest BCUT2D eigenvalue weighted by molar-refractivity contribution is 8.33. The van der Waals surface area contributed by atoms with Gasteiger partial charge in [0, 0.05) is 14.7 Å². The van der Waals surface area contributed by atoms with E-state index >= 15 is 8.78 Å². The molecule has 3 rings (SSSR count). The number of hydrogen-bond acceptors (Lipinski definition) is 5. The monoisotopic (exact) mass is 594 g/mol. The Balaban J connectivity index is 2.29. The van der Waals surface area contributed by atoms with Gasteiger partial charge in [-0.3, -0.25) is 4.79 Å². The molecule has 0 N–H and O–H groups in total. The number of esters is 1. The second kappa shape index (κ2) is 10.9. The molecule has 13 heteroatoms. The third-order valence-electron chi connectivity index (χ3n) is 5.26. The molecule has 0 spiro atoms. The third-order valence-corrected chi connectivity index (χ3v) is 10.5. The maximum absolute atomic E-state index is 15.5. The van der Waals surface area contributed by atoms with Crippen LogP contribution >= 0.6 is 10.3 Å². The average Bonchev–Trinajstić information content (AvgIpc) is 2.85. The lowest BCUT2D eigenvalue weighted by Crippen LogP contribution is -2.53. The number of halogens is 6. The van der Waals surface area contributed by atoms with Crippen LogP contribution in [0.2, 0.25) is 0 Å². The molecule has 0 aromatic heterocycles. The highest BCUT2D eigenvalue weighted by Crippen LogP contribution is 2.70. The maximum Gasteiger partial charge on any atom is 0.432 e. The molecule has 39 heavy (non-hydrogen) atoms. The predicted molar refractivity (Wildman–Crippen MR) is 132 cm³/mol. The van der Waals surface area contributed by atoms with E-state index < -0.39 is 55.2 Å². The molecular weight excluding hydrogens is 570 g/mol. The number of rotatable bonds is 8. The minimum atomic E-state index is -6.53. The van der Waals surface area contributed by atoms with Gasteiger partial charge in [0.1, 0.15) is 5.82 Å². The van der Waals surface area contributed by atoms with Crippen LogP contribution in [-0.2, 0) is 23.3 Å². The van der Waals surface area contributed by atoms with Crippen LogP contribution in [0.25, 0.3) is 0 Å². The molecule has 0 saturated heterocycles. The summed E-state index contributed by atoms with van der Waals surface area (Å²) < 4.78 is 122. The van der Waals surface area contributed by atoms with Crippen LogP contribution in [0.3, 0.4) is 0 Å². The van der Waals surface area contributed by atoms with Gasteiger partial charge in [0.05, 0.1) is 5.41 Å². The van der Waals surface area contributed by atoms with Gasteiger partial charge in [0.15, 0.2) is 0 Å². The summed E-state index contributed by atoms with van der Waals surface area (Å²) in [6.45, 7) is 3.33. The van der Waals surface area contributed by atoms with Gasteiger partial charge in [-0.1, -0.05) is 36.4 Å². The summed E-state index contributed by atoms with van der Waals surface area (Å²) in [5, 5.41) is -5.78. The Morgan fingerprint density at radius 1 is 0.718 bits per heavy atom. The van der Waals surface area contributed by atoms with E-state index in [1.807, 2.05) is 0 Å². The van der Waals surface area contributed by atoms with Gasteiger partial charge in [0.2, 0.25) is 0 Å². The van der Waals surface area contributed by atoms with E-state index in [2.05, 4.69) is 4.74 Å². The SMILES string of the molecule is CC(C)(C)C(=O)OC(C(F)(F)F)C(F)(F)S(=O)(=O)OS(c1ccccc1)(c1ccccc1)c1ccc(F)cc1. The standard InChI is InChI=1S/C26H24F6O5S2/c1-24(2,3)23(33)36-22(25(28,29)30)26(31,32)39(34,35)37-38(19-10-6-4-7-11-19,20-12-8-5-9-13-20)21-16-14-18(27)15-17-21/h4-17,22H,1-3H3. The van der Waals surface area contributed by atoms with Gasteiger partial charge in [0.25, 0.3) is 6.10 Å². The number of ether oxygens (including phenoxy) is 1. The molecule has 0 amide bonds. The van der Waals surface area contributed by atoms with E-state index in [-0.39, 0.29) is 14.7 Å². The fraction of sp³-hybridized carbons (Fsp3) is 0.269. The van der Waals surface area contributed by atoms with Crippen molar-refractivity contribution in [1.29, 1.82) is 0 Å². The second-order valence-corrected chi connectivity index (χ2v) is 13.8. The van der Waals surface area contributed by atoms with Gasteiger partial charge in [-0.2, -0.15) is 30.4 Å². The summed E-state index contributed by atoms with van der Waals surface area (Å²) in [6, 6.07) is 18.3. The van der Waals surface area contributed by atoms with Gasteiger partial charge in [-0.15, -0.1) is 0 Å². The number of carbonyl (C=O) groups is 1. The molecule has 3 aromatic rings. The molecule has 5 nitrogen and oxygen atoms in total. The normalized spacial score (nSPS) is 14.5. The van der Waals surface area contributed by atoms with Crippen LogP contribution in [0.5, 0.6) is 0 Å². The lowest BCUT2D eigenvalue weighted by Gasteiger charge is -2.41. The highest BCUT2D eigenvalue weighted by atomic mass is 32.3. The first-order valence-corrected chi connectivity index (χ1v) is 14.2.